The van der Waals surface area contributed by atoms with Crippen LogP contribution in [0.1, 0.15) is 10.4 Å². The maximum atomic E-state index is 12.0. The van der Waals surface area contributed by atoms with Crippen LogP contribution in [0.2, 0.25) is 5.02 Å². The average molecular weight is 405 g/mol. The Balaban J connectivity index is 2.22. The minimum absolute atomic E-state index is 0.0742. The quantitative estimate of drug-likeness (QED) is 0.752. The van der Waals surface area contributed by atoms with Gasteiger partial charge in [-0.2, -0.15) is 0 Å². The SMILES string of the molecule is O=C(Nc1ccc(Cl)c(O)c1)c1cc(Br)cc(Br)c1. The molecular weight excluding hydrogens is 397 g/mol. The molecule has 0 heterocycles. The van der Waals surface area contributed by atoms with E-state index in [0.29, 0.717) is 11.3 Å². The highest BCUT2D eigenvalue weighted by atomic mass is 79.9. The van der Waals surface area contributed by atoms with Crippen LogP contribution in [-0.4, -0.2) is 11.0 Å². The number of carbonyl (C=O) groups excluding carboxylic acids is 1. The van der Waals surface area contributed by atoms with Gasteiger partial charge < -0.3 is 10.4 Å². The van der Waals surface area contributed by atoms with Crippen LogP contribution in [0.3, 0.4) is 0 Å². The molecule has 0 spiro atoms. The standard InChI is InChI=1S/C13H8Br2ClNO2/c14-8-3-7(4-9(15)5-8)13(19)17-10-1-2-11(16)12(18)6-10/h1-6,18H,(H,17,19). The predicted molar refractivity (Wildman–Crippen MR) is 82.9 cm³/mol. The molecular formula is C13H8Br2ClNO2. The highest BCUT2D eigenvalue weighted by Crippen LogP contribution is 2.27. The lowest BCUT2D eigenvalue weighted by Crippen LogP contribution is -2.11. The molecule has 98 valence electrons. The Morgan fingerprint density at radius 2 is 1.74 bits per heavy atom. The molecule has 19 heavy (non-hydrogen) atoms. The molecule has 2 rings (SSSR count). The van der Waals surface area contributed by atoms with Crippen molar-refractivity contribution >= 4 is 55.1 Å². The monoisotopic (exact) mass is 403 g/mol. The molecule has 6 heteroatoms. The molecule has 0 unspecified atom stereocenters. The molecule has 0 aliphatic heterocycles. The van der Waals surface area contributed by atoms with Crippen LogP contribution in [0.25, 0.3) is 0 Å². The maximum Gasteiger partial charge on any atom is 0.255 e. The number of phenolic OH excluding ortho intramolecular Hbond substituents is 1. The Labute approximate surface area is 131 Å². The van der Waals surface area contributed by atoms with Crippen LogP contribution < -0.4 is 5.32 Å². The van der Waals surface area contributed by atoms with Gasteiger partial charge in [-0.3, -0.25) is 4.79 Å². The van der Waals surface area contributed by atoms with Crippen LogP contribution >= 0.6 is 43.5 Å². The van der Waals surface area contributed by atoms with E-state index in [1.165, 1.54) is 12.1 Å². The summed E-state index contributed by atoms with van der Waals surface area (Å²) in [5.41, 5.74) is 0.971. The van der Waals surface area contributed by atoms with E-state index in [2.05, 4.69) is 37.2 Å². The van der Waals surface area contributed by atoms with Gasteiger partial charge in [0.25, 0.3) is 5.91 Å². The first-order valence-electron chi connectivity index (χ1n) is 5.21. The predicted octanol–water partition coefficient (Wildman–Crippen LogP) is 4.82. The summed E-state index contributed by atoms with van der Waals surface area (Å²) in [5.74, 6) is -0.349. The van der Waals surface area contributed by atoms with Crippen molar-refractivity contribution in [3.8, 4) is 5.75 Å². The third-order valence-corrected chi connectivity index (χ3v) is 3.56. The molecule has 0 aliphatic rings. The smallest absolute Gasteiger partial charge is 0.255 e. The number of phenols is 1. The maximum absolute atomic E-state index is 12.0. The van der Waals surface area contributed by atoms with Crippen molar-refractivity contribution in [1.29, 1.82) is 0 Å². The van der Waals surface area contributed by atoms with Crippen LogP contribution in [-0.2, 0) is 0 Å². The topological polar surface area (TPSA) is 49.3 Å². The summed E-state index contributed by atoms with van der Waals surface area (Å²) in [5, 5.41) is 12.4. The Morgan fingerprint density at radius 1 is 1.11 bits per heavy atom. The zero-order chi connectivity index (χ0) is 14.0. The second-order valence-corrected chi connectivity index (χ2v) is 6.02. The summed E-state index contributed by atoms with van der Waals surface area (Å²) < 4.78 is 1.59. The van der Waals surface area contributed by atoms with E-state index in [-0.39, 0.29) is 16.7 Å². The van der Waals surface area contributed by atoms with Gasteiger partial charge in [-0.25, -0.2) is 0 Å². The first-order valence-corrected chi connectivity index (χ1v) is 7.18. The number of hydrogen-bond donors (Lipinski definition) is 2. The zero-order valence-corrected chi connectivity index (χ0v) is 13.4. The fourth-order valence-electron chi connectivity index (χ4n) is 1.48. The third kappa shape index (κ3) is 3.72. The molecule has 2 aromatic carbocycles. The number of halogens is 3. The van der Waals surface area contributed by atoms with Crippen LogP contribution in [0.5, 0.6) is 5.75 Å². The molecule has 0 radical (unpaired) electrons. The summed E-state index contributed by atoms with van der Waals surface area (Å²) in [4.78, 5) is 12.0. The van der Waals surface area contributed by atoms with E-state index in [0.717, 1.165) is 8.95 Å². The minimum atomic E-state index is -0.274. The van der Waals surface area contributed by atoms with E-state index < -0.39 is 0 Å². The highest BCUT2D eigenvalue weighted by molar-refractivity contribution is 9.11. The van der Waals surface area contributed by atoms with Crippen molar-refractivity contribution in [3.05, 3.63) is 55.9 Å². The van der Waals surface area contributed by atoms with Gasteiger partial charge in [-0.15, -0.1) is 0 Å². The van der Waals surface area contributed by atoms with E-state index >= 15 is 0 Å². The molecule has 0 bridgehead atoms. The van der Waals surface area contributed by atoms with E-state index in [4.69, 9.17) is 11.6 Å². The third-order valence-electron chi connectivity index (χ3n) is 2.33. The molecule has 0 saturated carbocycles. The number of amides is 1. The van der Waals surface area contributed by atoms with Gasteiger partial charge in [0.05, 0.1) is 5.02 Å². The fraction of sp³-hybridized carbons (Fsp3) is 0. The van der Waals surface area contributed by atoms with Gasteiger partial charge in [0.2, 0.25) is 0 Å². The number of anilines is 1. The number of benzene rings is 2. The summed E-state index contributed by atoms with van der Waals surface area (Å²) in [6, 6.07) is 9.78. The van der Waals surface area contributed by atoms with Gasteiger partial charge >= 0.3 is 0 Å². The van der Waals surface area contributed by atoms with Crippen molar-refractivity contribution < 1.29 is 9.90 Å². The van der Waals surface area contributed by atoms with Crippen molar-refractivity contribution in [2.75, 3.05) is 5.32 Å². The second kappa shape index (κ2) is 5.94. The van der Waals surface area contributed by atoms with Crippen molar-refractivity contribution in [3.63, 3.8) is 0 Å². The van der Waals surface area contributed by atoms with Crippen LogP contribution in [0.4, 0.5) is 5.69 Å². The second-order valence-electron chi connectivity index (χ2n) is 3.78. The van der Waals surface area contributed by atoms with Gasteiger partial charge in [-0.05, 0) is 30.3 Å². The van der Waals surface area contributed by atoms with Gasteiger partial charge in [0.15, 0.2) is 0 Å². The van der Waals surface area contributed by atoms with E-state index in [1.807, 2.05) is 6.07 Å². The molecule has 0 atom stereocenters. The molecule has 3 nitrogen and oxygen atoms in total. The number of aromatic hydroxyl groups is 1. The van der Waals surface area contributed by atoms with Crippen molar-refractivity contribution in [2.24, 2.45) is 0 Å². The summed E-state index contributed by atoms with van der Waals surface area (Å²) in [6.07, 6.45) is 0. The van der Waals surface area contributed by atoms with Crippen LogP contribution in [0, 0.1) is 0 Å². The summed E-state index contributed by atoms with van der Waals surface area (Å²) in [6.45, 7) is 0. The lowest BCUT2D eigenvalue weighted by Gasteiger charge is -2.07. The number of carbonyl (C=O) groups is 1. The lowest BCUT2D eigenvalue weighted by atomic mass is 10.2. The Kier molecular flexibility index (Phi) is 4.50. The minimum Gasteiger partial charge on any atom is -0.506 e. The zero-order valence-electron chi connectivity index (χ0n) is 9.45. The lowest BCUT2D eigenvalue weighted by molar-refractivity contribution is 0.102. The van der Waals surface area contributed by atoms with Crippen molar-refractivity contribution in [2.45, 2.75) is 0 Å². The Hall–Kier alpha value is -1.04. The first-order chi connectivity index (χ1) is 8.95. The fourth-order valence-corrected chi connectivity index (χ4v) is 2.89. The van der Waals surface area contributed by atoms with Gasteiger partial charge in [-0.1, -0.05) is 43.5 Å². The summed E-state index contributed by atoms with van der Waals surface area (Å²) >= 11 is 12.3. The van der Waals surface area contributed by atoms with Gasteiger partial charge in [0, 0.05) is 26.3 Å². The molecule has 0 aliphatic carbocycles. The van der Waals surface area contributed by atoms with Gasteiger partial charge in [0.1, 0.15) is 5.75 Å². The molecule has 0 fully saturated rings. The molecule has 0 aromatic heterocycles. The number of nitrogens with one attached hydrogen (secondary N) is 1. The normalized spacial score (nSPS) is 10.3. The molecule has 1 amide bonds. The highest BCUT2D eigenvalue weighted by Gasteiger charge is 2.09. The Bertz CT molecular complexity index is 626. The molecule has 2 aromatic rings. The van der Waals surface area contributed by atoms with Crippen molar-refractivity contribution in [1.82, 2.24) is 0 Å². The van der Waals surface area contributed by atoms with Crippen LogP contribution in [0.15, 0.2) is 45.3 Å². The average Bonchev–Trinajstić information content (AvgIpc) is 2.32. The molecule has 2 N–H and O–H groups in total. The largest absolute Gasteiger partial charge is 0.506 e. The molecule has 0 saturated heterocycles. The number of hydrogen-bond acceptors (Lipinski definition) is 2. The van der Waals surface area contributed by atoms with E-state index in [9.17, 15) is 9.90 Å². The summed E-state index contributed by atoms with van der Waals surface area (Å²) in [7, 11) is 0. The number of rotatable bonds is 2. The Morgan fingerprint density at radius 3 is 2.32 bits per heavy atom. The first kappa shape index (κ1) is 14.4. The van der Waals surface area contributed by atoms with E-state index in [1.54, 1.807) is 18.2 Å².